The highest BCUT2D eigenvalue weighted by Crippen LogP contribution is 2.41. The molecule has 1 unspecified atom stereocenters. The van der Waals surface area contributed by atoms with E-state index in [0.717, 1.165) is 41.3 Å². The zero-order valence-electron chi connectivity index (χ0n) is 20.2. The number of nitrogens with zero attached hydrogens (tertiary/aromatic N) is 2. The molecule has 3 aromatic rings. The van der Waals surface area contributed by atoms with Crippen molar-refractivity contribution in [3.8, 4) is 11.4 Å². The number of hydrogen-bond donors (Lipinski definition) is 2. The van der Waals surface area contributed by atoms with E-state index in [0.29, 0.717) is 34.6 Å². The molecule has 0 radical (unpaired) electrons. The number of hydrogen-bond acceptors (Lipinski definition) is 6. The molecule has 3 aliphatic rings. The molecular formula is C26H30FN3O4. The summed E-state index contributed by atoms with van der Waals surface area (Å²) in [6, 6.07) is 3.13. The third-order valence-corrected chi connectivity index (χ3v) is 6.54. The molecule has 8 heteroatoms. The highest BCUT2D eigenvalue weighted by atomic mass is 19.1. The number of aliphatic hydroxyl groups is 1. The number of esters is 1. The molecule has 2 aromatic heterocycles. The first-order valence-corrected chi connectivity index (χ1v) is 11.7. The average Bonchev–Trinajstić information content (AvgIpc) is 3.21. The van der Waals surface area contributed by atoms with E-state index in [1.54, 1.807) is 17.6 Å². The summed E-state index contributed by atoms with van der Waals surface area (Å²) in [6.45, 7) is 6.05. The van der Waals surface area contributed by atoms with Crippen LogP contribution >= 0.6 is 0 Å². The lowest BCUT2D eigenvalue weighted by Gasteiger charge is -2.22. The number of fused-ring (bicyclic) bond motifs is 5. The number of carbonyl (C=O) groups is 1. The topological polar surface area (TPSA) is 93.5 Å². The quantitative estimate of drug-likeness (QED) is 0.386. The fraction of sp³-hybridized carbons (Fsp3) is 0.423. The lowest BCUT2D eigenvalue weighted by molar-refractivity contribution is -0.157. The Morgan fingerprint density at radius 3 is 2.50 bits per heavy atom. The molecule has 1 aliphatic carbocycles. The van der Waals surface area contributed by atoms with Gasteiger partial charge in [0.15, 0.2) is 6.10 Å². The van der Waals surface area contributed by atoms with Gasteiger partial charge in [0, 0.05) is 22.6 Å². The molecule has 0 saturated carbocycles. The van der Waals surface area contributed by atoms with E-state index in [4.69, 9.17) is 9.72 Å². The Labute approximate surface area is 197 Å². The van der Waals surface area contributed by atoms with Gasteiger partial charge in [-0.2, -0.15) is 0 Å². The van der Waals surface area contributed by atoms with Gasteiger partial charge in [-0.05, 0) is 63.0 Å². The molecule has 34 heavy (non-hydrogen) atoms. The lowest BCUT2D eigenvalue weighted by Crippen LogP contribution is -2.32. The molecule has 180 valence electrons. The molecule has 0 spiro atoms. The highest BCUT2D eigenvalue weighted by molar-refractivity contribution is 5.92. The molecule has 0 amide bonds. The average molecular weight is 468 g/mol. The molecule has 2 N–H and O–H groups in total. The second-order valence-corrected chi connectivity index (χ2v) is 8.49. The number of pyridine rings is 2. The minimum Gasteiger partial charge on any atom is -0.458 e. The SMILES string of the molecule is CC.CNC.Cc1c(F)cc2nc3c(c4c2c1CCC4)Cn1c-3cc2c(c1=O)COC(=O)C2O. The van der Waals surface area contributed by atoms with Gasteiger partial charge >= 0.3 is 5.97 Å². The van der Waals surface area contributed by atoms with Gasteiger partial charge in [0.2, 0.25) is 0 Å². The molecule has 6 rings (SSSR count). The first kappa shape index (κ1) is 24.0. The first-order valence-electron chi connectivity index (χ1n) is 11.7. The smallest absolute Gasteiger partial charge is 0.340 e. The van der Waals surface area contributed by atoms with E-state index < -0.39 is 12.1 Å². The molecule has 2 aliphatic heterocycles. The van der Waals surface area contributed by atoms with Gasteiger partial charge < -0.3 is 19.7 Å². The molecular weight excluding hydrogens is 437 g/mol. The molecule has 1 atom stereocenters. The Morgan fingerprint density at radius 2 is 1.79 bits per heavy atom. The van der Waals surface area contributed by atoms with Crippen molar-refractivity contribution in [2.45, 2.75) is 59.3 Å². The summed E-state index contributed by atoms with van der Waals surface area (Å²) in [4.78, 5) is 29.6. The number of cyclic esters (lactones) is 1. The number of rotatable bonds is 0. The maximum atomic E-state index is 14.5. The number of benzene rings is 1. The predicted octanol–water partition coefficient (Wildman–Crippen LogP) is 3.31. The molecule has 0 bridgehead atoms. The Balaban J connectivity index is 0.000000510. The van der Waals surface area contributed by atoms with Gasteiger partial charge in [-0.15, -0.1) is 0 Å². The highest BCUT2D eigenvalue weighted by Gasteiger charge is 2.35. The van der Waals surface area contributed by atoms with Crippen molar-refractivity contribution < 1.29 is 19.0 Å². The standard InChI is InChI=1S/C22H17FN2O4.C2H7N.C2H6/c1-9-10-3-2-4-11-13-7-25-17(19(13)24-16(18(10)11)6-15(9)23)5-12-14(21(25)27)8-29-22(28)20(12)26;1-3-2;1-2/h5-6,20,26H,2-4,7-8H2,1H3;3H,1-2H3;1-2H3. The fourth-order valence-electron chi connectivity index (χ4n) is 5.06. The minimum absolute atomic E-state index is 0.141. The summed E-state index contributed by atoms with van der Waals surface area (Å²) < 4.78 is 21.1. The third kappa shape index (κ3) is 3.52. The van der Waals surface area contributed by atoms with Crippen molar-refractivity contribution in [3.63, 3.8) is 0 Å². The number of halogens is 1. The van der Waals surface area contributed by atoms with Gasteiger partial charge in [0.25, 0.3) is 5.56 Å². The van der Waals surface area contributed by atoms with Crippen LogP contribution < -0.4 is 10.9 Å². The van der Waals surface area contributed by atoms with Gasteiger partial charge in [-0.3, -0.25) is 4.79 Å². The van der Waals surface area contributed by atoms with Crippen molar-refractivity contribution in [1.82, 2.24) is 14.9 Å². The van der Waals surface area contributed by atoms with Crippen molar-refractivity contribution in [2.75, 3.05) is 14.1 Å². The number of carbonyl (C=O) groups excluding carboxylic acids is 1. The van der Waals surface area contributed by atoms with Gasteiger partial charge in [0.05, 0.1) is 29.0 Å². The van der Waals surface area contributed by atoms with Crippen LogP contribution in [0, 0.1) is 12.7 Å². The second-order valence-electron chi connectivity index (χ2n) is 8.49. The monoisotopic (exact) mass is 467 g/mol. The summed E-state index contributed by atoms with van der Waals surface area (Å²) in [7, 11) is 3.75. The summed E-state index contributed by atoms with van der Waals surface area (Å²) in [6.07, 6.45) is 1.12. The van der Waals surface area contributed by atoms with Crippen LogP contribution in [0.3, 0.4) is 0 Å². The summed E-state index contributed by atoms with van der Waals surface area (Å²) in [5.74, 6) is -1.03. The number of ether oxygens (including phenoxy) is 1. The lowest BCUT2D eigenvalue weighted by atomic mass is 9.85. The van der Waals surface area contributed by atoms with E-state index >= 15 is 0 Å². The van der Waals surface area contributed by atoms with E-state index in [-0.39, 0.29) is 23.5 Å². The van der Waals surface area contributed by atoms with E-state index in [2.05, 4.69) is 5.32 Å². The van der Waals surface area contributed by atoms with Crippen molar-refractivity contribution >= 4 is 16.9 Å². The van der Waals surface area contributed by atoms with Crippen LogP contribution in [0.15, 0.2) is 16.9 Å². The second kappa shape index (κ2) is 9.27. The zero-order valence-corrected chi connectivity index (χ0v) is 20.2. The third-order valence-electron chi connectivity index (χ3n) is 6.54. The summed E-state index contributed by atoms with van der Waals surface area (Å²) in [5.41, 5.74) is 5.86. The van der Waals surface area contributed by atoms with Gasteiger partial charge in [-0.1, -0.05) is 13.8 Å². The largest absolute Gasteiger partial charge is 0.458 e. The van der Waals surface area contributed by atoms with E-state index in [9.17, 15) is 19.1 Å². The predicted molar refractivity (Wildman–Crippen MR) is 128 cm³/mol. The van der Waals surface area contributed by atoms with Crippen LogP contribution in [0.2, 0.25) is 0 Å². The van der Waals surface area contributed by atoms with Crippen LogP contribution in [0.1, 0.15) is 59.8 Å². The number of aromatic nitrogens is 2. The van der Waals surface area contributed by atoms with Crippen LogP contribution in [0.4, 0.5) is 4.39 Å². The summed E-state index contributed by atoms with van der Waals surface area (Å²) >= 11 is 0. The molecule has 0 saturated heterocycles. The van der Waals surface area contributed by atoms with Crippen LogP contribution in [0.5, 0.6) is 0 Å². The maximum Gasteiger partial charge on any atom is 0.340 e. The Morgan fingerprint density at radius 1 is 1.12 bits per heavy atom. The van der Waals surface area contributed by atoms with Crippen molar-refractivity contribution in [1.29, 1.82) is 0 Å². The minimum atomic E-state index is -1.48. The maximum absolute atomic E-state index is 14.5. The van der Waals surface area contributed by atoms with Crippen molar-refractivity contribution in [2.24, 2.45) is 0 Å². The molecule has 0 fully saturated rings. The van der Waals surface area contributed by atoms with E-state index in [1.807, 2.05) is 27.9 Å². The normalized spacial score (nSPS) is 16.9. The molecule has 7 nitrogen and oxygen atoms in total. The number of aryl methyl sites for hydroxylation is 2. The Kier molecular flexibility index (Phi) is 6.55. The fourth-order valence-corrected chi connectivity index (χ4v) is 5.06. The Hall–Kier alpha value is -3.10. The first-order chi connectivity index (χ1) is 16.4. The zero-order chi connectivity index (χ0) is 24.7. The molecule has 4 heterocycles. The van der Waals surface area contributed by atoms with Gasteiger partial charge in [-0.25, -0.2) is 14.2 Å². The van der Waals surface area contributed by atoms with Crippen LogP contribution in [0.25, 0.3) is 22.3 Å². The van der Waals surface area contributed by atoms with Crippen molar-refractivity contribution in [3.05, 3.63) is 61.7 Å². The van der Waals surface area contributed by atoms with E-state index in [1.165, 1.54) is 6.07 Å². The van der Waals surface area contributed by atoms with Crippen LogP contribution in [-0.4, -0.2) is 34.7 Å². The summed E-state index contributed by atoms with van der Waals surface area (Å²) in [5, 5.41) is 14.0. The Bertz CT molecular complexity index is 1360. The number of nitrogens with one attached hydrogen (secondary N) is 1. The van der Waals surface area contributed by atoms with Crippen LogP contribution in [-0.2, 0) is 35.5 Å². The van der Waals surface area contributed by atoms with Gasteiger partial charge in [0.1, 0.15) is 12.4 Å². The number of aliphatic hydroxyl groups excluding tert-OH is 1. The molecule has 1 aromatic carbocycles.